The summed E-state index contributed by atoms with van der Waals surface area (Å²) in [5, 5.41) is 16.1. The Balaban J connectivity index is -0.0000000155. The van der Waals surface area contributed by atoms with Crippen LogP contribution in [0.3, 0.4) is 0 Å². The molecule has 0 aliphatic heterocycles. The average Bonchev–Trinajstić information content (AvgIpc) is 1.89. The second-order valence-electron chi connectivity index (χ2n) is 0.903. The molecule has 0 aromatic carbocycles. The maximum Gasteiger partial charge on any atom is 0.294 e. The molecule has 0 radical (unpaired) electrons. The molecule has 0 heterocycles. The summed E-state index contributed by atoms with van der Waals surface area (Å²) in [5.41, 5.74) is 6.07. The van der Waals surface area contributed by atoms with Crippen LogP contribution in [0.1, 0.15) is 7.43 Å². The van der Waals surface area contributed by atoms with E-state index in [0.717, 1.165) is 7.11 Å². The van der Waals surface area contributed by atoms with Gasteiger partial charge < -0.3 is 15.4 Å². The van der Waals surface area contributed by atoms with Crippen LogP contribution in [0.4, 0.5) is 0 Å². The van der Waals surface area contributed by atoms with E-state index in [-0.39, 0.29) is 94.6 Å². The molecule has 9 nitrogen and oxygen atoms in total. The van der Waals surface area contributed by atoms with Gasteiger partial charge in [0.25, 0.3) is 10.2 Å². The largest absolute Gasteiger partial charge is 0.655 e. The normalized spacial score (nSPS) is 4.88. The minimum atomic E-state index is -1.01. The topological polar surface area (TPSA) is 129 Å². The second kappa shape index (κ2) is 36.0. The zero-order valence-corrected chi connectivity index (χ0v) is 18.3. The number of rotatable bonds is 3. The van der Waals surface area contributed by atoms with Crippen LogP contribution in [0.5, 0.6) is 0 Å². The summed E-state index contributed by atoms with van der Waals surface area (Å²) in [6.45, 7) is -0.618. The Labute approximate surface area is 153 Å². The molecule has 0 bridgehead atoms. The SMILES string of the molecule is C.CO[N+](=O)[O-].I.[NH-]CO[N+](=O)[O-].[W].[W].[W]. The first-order chi connectivity index (χ1) is 5.04. The van der Waals surface area contributed by atoms with Gasteiger partial charge in [0.05, 0.1) is 7.11 Å². The zero-order valence-electron chi connectivity index (χ0n) is 7.18. The van der Waals surface area contributed by atoms with E-state index in [4.69, 9.17) is 26.0 Å². The van der Waals surface area contributed by atoms with Gasteiger partial charge in [-0.05, 0) is 0 Å². The Bertz CT molecular complexity index is 143. The summed E-state index contributed by atoms with van der Waals surface area (Å²) in [4.78, 5) is 24.9. The molecule has 0 aliphatic rings. The minimum Gasteiger partial charge on any atom is -0.655 e. The Hall–Kier alpha value is 1.15. The van der Waals surface area contributed by atoms with Crippen molar-refractivity contribution in [3.8, 4) is 0 Å². The number of nitrogens with zero attached hydrogens (tertiary/aromatic N) is 2. The smallest absolute Gasteiger partial charge is 0.294 e. The van der Waals surface area contributed by atoms with Crippen molar-refractivity contribution in [1.29, 1.82) is 0 Å². The molecule has 13 heteroatoms. The van der Waals surface area contributed by atoms with Gasteiger partial charge in [-0.15, -0.1) is 44.2 Å². The van der Waals surface area contributed by atoms with Gasteiger partial charge in [-0.2, -0.15) is 0 Å². The molecule has 0 saturated heterocycles. The van der Waals surface area contributed by atoms with Crippen LogP contribution in [-0.4, -0.2) is 24.0 Å². The van der Waals surface area contributed by atoms with E-state index >= 15 is 0 Å². The molecule has 0 atom stereocenters. The van der Waals surface area contributed by atoms with Gasteiger partial charge >= 0.3 is 0 Å². The number of halogens is 1. The van der Waals surface area contributed by atoms with Gasteiger partial charge in [0.15, 0.2) is 0 Å². The van der Waals surface area contributed by atoms with Crippen LogP contribution < -0.4 is 0 Å². The van der Waals surface area contributed by atoms with Crippen molar-refractivity contribution in [1.82, 2.24) is 0 Å². The Morgan fingerprint density at radius 3 is 1.38 bits per heavy atom. The summed E-state index contributed by atoms with van der Waals surface area (Å²) in [6, 6.07) is 0. The molecule has 1 N–H and O–H groups in total. The predicted molar refractivity (Wildman–Crippen MR) is 53.4 cm³/mol. The maximum atomic E-state index is 9.06. The quantitative estimate of drug-likeness (QED) is 0.239. The van der Waals surface area contributed by atoms with E-state index < -0.39 is 16.9 Å². The van der Waals surface area contributed by atoms with Crippen molar-refractivity contribution in [2.75, 3.05) is 13.8 Å². The fraction of sp³-hybridized carbons (Fsp3) is 1.00. The van der Waals surface area contributed by atoms with Crippen molar-refractivity contribution < 1.29 is 83.0 Å². The Morgan fingerprint density at radius 2 is 1.38 bits per heavy atom. The molecule has 0 rings (SSSR count). The van der Waals surface area contributed by atoms with Crippen molar-refractivity contribution in [3.05, 3.63) is 26.0 Å². The summed E-state index contributed by atoms with van der Waals surface area (Å²) in [7, 11) is 1.00. The van der Waals surface area contributed by atoms with E-state index in [2.05, 4.69) is 9.68 Å². The van der Waals surface area contributed by atoms with Gasteiger partial charge in [0.1, 0.15) is 0 Å². The first kappa shape index (κ1) is 43.4. The summed E-state index contributed by atoms with van der Waals surface area (Å²) in [6.07, 6.45) is 0. The van der Waals surface area contributed by atoms with Crippen LogP contribution in [-0.2, 0) is 72.9 Å². The number of nitrogens with one attached hydrogen (secondary N) is 1. The van der Waals surface area contributed by atoms with Crippen LogP contribution in [0.2, 0.25) is 0 Å². The minimum absolute atomic E-state index is 0. The fourth-order valence-corrected chi connectivity index (χ4v) is 0.0527. The molecule has 0 aromatic rings. The van der Waals surface area contributed by atoms with E-state index in [1.165, 1.54) is 0 Å². The first-order valence-electron chi connectivity index (χ1n) is 2.15. The number of hydrogen-bond acceptors (Lipinski definition) is 6. The average molecular weight is 864 g/mol. The molecule has 16 heavy (non-hydrogen) atoms. The molecule has 100 valence electrons. The van der Waals surface area contributed by atoms with Gasteiger partial charge in [0.2, 0.25) is 0 Å². The van der Waals surface area contributed by atoms with Crippen LogP contribution in [0.25, 0.3) is 5.73 Å². The number of hydrogen-bond donors (Lipinski definition) is 0. The van der Waals surface area contributed by atoms with Gasteiger partial charge in [-0.1, -0.05) is 7.43 Å². The molecular formula is C3H11IN3O6W3-. The van der Waals surface area contributed by atoms with Gasteiger partial charge in [-0.25, -0.2) is 0 Å². The zero-order chi connectivity index (χ0) is 9.28. The van der Waals surface area contributed by atoms with Gasteiger partial charge in [0, 0.05) is 69.9 Å². The van der Waals surface area contributed by atoms with E-state index in [1.807, 2.05) is 0 Å². The Kier molecular flexibility index (Phi) is 97.6. The molecule has 0 fully saturated rings. The van der Waals surface area contributed by atoms with Crippen molar-refractivity contribution >= 4 is 24.0 Å². The standard InChI is InChI=1S/CH3N2O3.CH3NO3.CH4.HI.3W/c2-1-6-3(4)5;1-5-2(3)4;;;;;/h2H,1H2;1H3;1H4;1H;;;/q-1;;;;;;. The summed E-state index contributed by atoms with van der Waals surface area (Å²) < 4.78 is 0. The maximum absolute atomic E-state index is 9.06. The third kappa shape index (κ3) is 80.2. The van der Waals surface area contributed by atoms with Crippen LogP contribution in [0.15, 0.2) is 0 Å². The van der Waals surface area contributed by atoms with Crippen LogP contribution in [0, 0.1) is 20.2 Å². The third-order valence-corrected chi connectivity index (χ3v) is 0.319. The van der Waals surface area contributed by atoms with Crippen molar-refractivity contribution in [3.63, 3.8) is 0 Å². The molecule has 0 spiro atoms. The first-order valence-corrected chi connectivity index (χ1v) is 2.15. The molecule has 0 amide bonds. The second-order valence-corrected chi connectivity index (χ2v) is 0.903. The van der Waals surface area contributed by atoms with E-state index in [9.17, 15) is 0 Å². The fourth-order valence-electron chi connectivity index (χ4n) is 0.0527. The predicted octanol–water partition coefficient (Wildman–Crippen LogP) is 1.28. The van der Waals surface area contributed by atoms with Gasteiger partial charge in [-0.3, -0.25) is 0 Å². The van der Waals surface area contributed by atoms with E-state index in [0.29, 0.717) is 0 Å². The molecular weight excluding hydrogens is 852 g/mol. The summed E-state index contributed by atoms with van der Waals surface area (Å²) >= 11 is 0. The summed E-state index contributed by atoms with van der Waals surface area (Å²) in [5.74, 6) is 0. The molecule has 0 unspecified atom stereocenters. The Morgan fingerprint density at radius 1 is 1.12 bits per heavy atom. The van der Waals surface area contributed by atoms with Crippen molar-refractivity contribution in [2.45, 2.75) is 7.43 Å². The van der Waals surface area contributed by atoms with Crippen LogP contribution >= 0.6 is 24.0 Å². The monoisotopic (exact) mass is 864 g/mol. The third-order valence-electron chi connectivity index (χ3n) is 0.319. The molecule has 0 saturated carbocycles. The van der Waals surface area contributed by atoms with Crippen molar-refractivity contribution in [2.24, 2.45) is 0 Å². The van der Waals surface area contributed by atoms with E-state index in [1.54, 1.807) is 0 Å². The molecule has 0 aromatic heterocycles. The molecule has 0 aliphatic carbocycles.